The van der Waals surface area contributed by atoms with Gasteiger partial charge in [0.2, 0.25) is 0 Å². The average molecular weight is 470 g/mol. The Labute approximate surface area is 206 Å². The number of hydrogen-bond donors (Lipinski definition) is 2. The zero-order valence-corrected chi connectivity index (χ0v) is 19.9. The summed E-state index contributed by atoms with van der Waals surface area (Å²) in [6.07, 6.45) is 7.24. The summed E-state index contributed by atoms with van der Waals surface area (Å²) >= 11 is 0. The van der Waals surface area contributed by atoms with Crippen LogP contribution in [-0.4, -0.2) is 24.1 Å². The Bertz CT molecular complexity index is 1130. The summed E-state index contributed by atoms with van der Waals surface area (Å²) in [5.74, 6) is 1.75. The third kappa shape index (κ3) is 7.47. The summed E-state index contributed by atoms with van der Waals surface area (Å²) in [7, 11) is 0. The van der Waals surface area contributed by atoms with Crippen molar-refractivity contribution in [3.05, 3.63) is 83.6 Å². The Kier molecular flexibility index (Phi) is 8.55. The maximum Gasteiger partial charge on any atom is 0.319 e. The van der Waals surface area contributed by atoms with E-state index in [1.54, 1.807) is 0 Å². The summed E-state index contributed by atoms with van der Waals surface area (Å²) in [4.78, 5) is 19.4. The van der Waals surface area contributed by atoms with Crippen molar-refractivity contribution < 1.29 is 9.53 Å². The molecule has 1 aliphatic heterocycles. The van der Waals surface area contributed by atoms with Crippen LogP contribution in [-0.2, 0) is 19.6 Å². The Hall–Kier alpha value is -4.05. The second kappa shape index (κ2) is 12.4. The van der Waals surface area contributed by atoms with Gasteiger partial charge in [-0.1, -0.05) is 43.2 Å². The highest BCUT2D eigenvalue weighted by Crippen LogP contribution is 2.18. The summed E-state index contributed by atoms with van der Waals surface area (Å²) in [5.41, 5.74) is 3.56. The van der Waals surface area contributed by atoms with Crippen molar-refractivity contribution in [1.29, 1.82) is 5.26 Å². The van der Waals surface area contributed by atoms with Gasteiger partial charge < -0.3 is 20.3 Å². The van der Waals surface area contributed by atoms with Crippen LogP contribution in [0, 0.1) is 11.3 Å². The maximum atomic E-state index is 12.4. The zero-order chi connectivity index (χ0) is 24.3. The Morgan fingerprint density at radius 2 is 1.74 bits per heavy atom. The molecule has 1 aromatic heterocycles. The van der Waals surface area contributed by atoms with Gasteiger partial charge in [0.05, 0.1) is 12.5 Å². The van der Waals surface area contributed by atoms with Crippen LogP contribution in [0.25, 0.3) is 0 Å². The lowest BCUT2D eigenvalue weighted by Crippen LogP contribution is -2.28. The first kappa shape index (κ1) is 24.1. The van der Waals surface area contributed by atoms with Crippen LogP contribution in [0.5, 0.6) is 5.75 Å². The second-order valence-corrected chi connectivity index (χ2v) is 8.70. The van der Waals surface area contributed by atoms with E-state index < -0.39 is 0 Å². The number of carbonyl (C=O) groups is 1. The second-order valence-electron chi connectivity index (χ2n) is 8.70. The van der Waals surface area contributed by atoms with Gasteiger partial charge in [0, 0.05) is 31.5 Å². The van der Waals surface area contributed by atoms with E-state index in [1.165, 1.54) is 25.7 Å². The SMILES string of the molecule is N#CCc1ccc(OCc2cccc(NC(=O)NCc3ccc(N4CCCCCC4)nc3)c2)cc1. The monoisotopic (exact) mass is 469 g/mol. The van der Waals surface area contributed by atoms with Crippen LogP contribution in [0.1, 0.15) is 42.4 Å². The van der Waals surface area contributed by atoms with Gasteiger partial charge >= 0.3 is 6.03 Å². The van der Waals surface area contributed by atoms with E-state index in [9.17, 15) is 4.79 Å². The number of anilines is 2. The van der Waals surface area contributed by atoms with Gasteiger partial charge in [-0.25, -0.2) is 9.78 Å². The summed E-state index contributed by atoms with van der Waals surface area (Å²) in [6, 6.07) is 21.0. The molecule has 2 aromatic carbocycles. The molecule has 35 heavy (non-hydrogen) atoms. The number of benzene rings is 2. The topological polar surface area (TPSA) is 90.3 Å². The number of rotatable bonds is 8. The number of amides is 2. The molecule has 7 heteroatoms. The normalized spacial score (nSPS) is 13.4. The van der Waals surface area contributed by atoms with Crippen LogP contribution < -0.4 is 20.3 Å². The predicted octanol–water partition coefficient (Wildman–Crippen LogP) is 5.43. The molecule has 1 aliphatic rings. The number of carbonyl (C=O) groups excluding carboxylic acids is 1. The number of hydrogen-bond acceptors (Lipinski definition) is 5. The van der Waals surface area contributed by atoms with E-state index in [4.69, 9.17) is 10.00 Å². The van der Waals surface area contributed by atoms with E-state index in [2.05, 4.69) is 26.6 Å². The highest BCUT2D eigenvalue weighted by Gasteiger charge is 2.11. The molecule has 0 bridgehead atoms. The van der Waals surface area contributed by atoms with Crippen molar-refractivity contribution in [2.24, 2.45) is 0 Å². The summed E-state index contributed by atoms with van der Waals surface area (Å²) < 4.78 is 5.83. The lowest BCUT2D eigenvalue weighted by Gasteiger charge is -2.21. The summed E-state index contributed by atoms with van der Waals surface area (Å²) in [6.45, 7) is 2.91. The fourth-order valence-corrected chi connectivity index (χ4v) is 4.07. The fourth-order valence-electron chi connectivity index (χ4n) is 4.07. The van der Waals surface area contributed by atoms with Gasteiger partial charge in [-0.05, 0) is 59.9 Å². The third-order valence-electron chi connectivity index (χ3n) is 5.99. The maximum absolute atomic E-state index is 12.4. The van der Waals surface area contributed by atoms with Gasteiger partial charge in [0.15, 0.2) is 0 Å². The van der Waals surface area contributed by atoms with Crippen molar-refractivity contribution in [2.45, 2.75) is 45.3 Å². The van der Waals surface area contributed by atoms with Gasteiger partial charge in [0.1, 0.15) is 18.2 Å². The number of nitriles is 1. The van der Waals surface area contributed by atoms with Crippen LogP contribution in [0.3, 0.4) is 0 Å². The standard InChI is InChI=1S/C28H31N5O2/c29-15-14-22-8-11-26(12-9-22)35-21-23-6-5-7-25(18-23)32-28(34)31-20-24-10-13-27(30-19-24)33-16-3-1-2-4-17-33/h5-13,18-19H,1-4,14,16-17,20-21H2,(H2,31,32,34). The molecule has 2 heterocycles. The number of pyridine rings is 1. The van der Waals surface area contributed by atoms with E-state index >= 15 is 0 Å². The smallest absolute Gasteiger partial charge is 0.319 e. The van der Waals surface area contributed by atoms with Gasteiger partial charge in [0.25, 0.3) is 0 Å². The predicted molar refractivity (Wildman–Crippen MR) is 137 cm³/mol. The van der Waals surface area contributed by atoms with Crippen molar-refractivity contribution in [3.63, 3.8) is 0 Å². The van der Waals surface area contributed by atoms with Crippen LogP contribution in [0.2, 0.25) is 0 Å². The molecule has 0 aliphatic carbocycles. The minimum absolute atomic E-state index is 0.271. The van der Waals surface area contributed by atoms with E-state index in [1.807, 2.05) is 66.9 Å². The van der Waals surface area contributed by atoms with Crippen molar-refractivity contribution in [1.82, 2.24) is 10.3 Å². The molecule has 0 saturated carbocycles. The van der Waals surface area contributed by atoms with Crippen molar-refractivity contribution in [3.8, 4) is 11.8 Å². The van der Waals surface area contributed by atoms with Crippen molar-refractivity contribution >= 4 is 17.5 Å². The number of aromatic nitrogens is 1. The number of nitrogens with one attached hydrogen (secondary N) is 2. The molecule has 0 spiro atoms. The minimum Gasteiger partial charge on any atom is -0.489 e. The molecule has 1 fully saturated rings. The lowest BCUT2D eigenvalue weighted by molar-refractivity contribution is 0.251. The number of urea groups is 1. The largest absolute Gasteiger partial charge is 0.489 e. The molecular formula is C28H31N5O2. The fraction of sp³-hybridized carbons (Fsp3) is 0.321. The molecule has 7 nitrogen and oxygen atoms in total. The van der Waals surface area contributed by atoms with E-state index in [0.29, 0.717) is 25.3 Å². The first-order valence-electron chi connectivity index (χ1n) is 12.1. The zero-order valence-electron chi connectivity index (χ0n) is 19.9. The van der Waals surface area contributed by atoms with E-state index in [-0.39, 0.29) is 6.03 Å². The highest BCUT2D eigenvalue weighted by molar-refractivity contribution is 5.89. The highest BCUT2D eigenvalue weighted by atomic mass is 16.5. The molecule has 2 amide bonds. The molecule has 2 N–H and O–H groups in total. The summed E-state index contributed by atoms with van der Waals surface area (Å²) in [5, 5.41) is 14.5. The molecule has 3 aromatic rings. The Morgan fingerprint density at radius 1 is 0.971 bits per heavy atom. The molecule has 1 saturated heterocycles. The number of ether oxygens (including phenoxy) is 1. The molecule has 4 rings (SSSR count). The Balaban J connectivity index is 1.24. The molecule has 0 radical (unpaired) electrons. The van der Waals surface area contributed by atoms with Crippen LogP contribution in [0.4, 0.5) is 16.3 Å². The first-order valence-corrected chi connectivity index (χ1v) is 12.1. The lowest BCUT2D eigenvalue weighted by atomic mass is 10.1. The van der Waals surface area contributed by atoms with Crippen LogP contribution >= 0.6 is 0 Å². The third-order valence-corrected chi connectivity index (χ3v) is 5.99. The van der Waals surface area contributed by atoms with Gasteiger partial charge in [-0.3, -0.25) is 0 Å². The molecule has 180 valence electrons. The first-order chi connectivity index (χ1) is 17.2. The van der Waals surface area contributed by atoms with Gasteiger partial charge in [-0.15, -0.1) is 0 Å². The quantitative estimate of drug-likeness (QED) is 0.459. The number of nitrogens with zero attached hydrogens (tertiary/aromatic N) is 3. The Morgan fingerprint density at radius 3 is 2.46 bits per heavy atom. The van der Waals surface area contributed by atoms with Crippen molar-refractivity contribution in [2.75, 3.05) is 23.3 Å². The molecular weight excluding hydrogens is 438 g/mol. The molecule has 0 unspecified atom stereocenters. The molecule has 0 atom stereocenters. The van der Waals surface area contributed by atoms with E-state index in [0.717, 1.165) is 41.3 Å². The minimum atomic E-state index is -0.271. The van der Waals surface area contributed by atoms with Gasteiger partial charge in [-0.2, -0.15) is 5.26 Å². The average Bonchev–Trinajstić information content (AvgIpc) is 3.18. The van der Waals surface area contributed by atoms with Crippen LogP contribution in [0.15, 0.2) is 66.9 Å².